The average molecular weight is 601 g/mol. The van der Waals surface area contributed by atoms with Crippen LogP contribution in [0.3, 0.4) is 0 Å². The largest absolute Gasteiger partial charge is 0.423 e. The highest BCUT2D eigenvalue weighted by atomic mass is 16.6. The van der Waals surface area contributed by atoms with Crippen LogP contribution in [-0.2, 0) is 21.3 Å². The second-order valence-corrected chi connectivity index (χ2v) is 13.6. The van der Waals surface area contributed by atoms with Crippen molar-refractivity contribution in [1.82, 2.24) is 19.5 Å². The lowest BCUT2D eigenvalue weighted by Crippen LogP contribution is -2.61. The molecule has 0 bridgehead atoms. The van der Waals surface area contributed by atoms with Crippen LogP contribution >= 0.6 is 0 Å². The summed E-state index contributed by atoms with van der Waals surface area (Å²) < 4.78 is 13.9. The molecule has 4 unspecified atom stereocenters. The number of carbonyl (C=O) groups excluding carboxylic acids is 1. The van der Waals surface area contributed by atoms with E-state index in [1.165, 1.54) is 0 Å². The minimum Gasteiger partial charge on any atom is -0.423 e. The van der Waals surface area contributed by atoms with Gasteiger partial charge in [0.25, 0.3) is 0 Å². The SMILES string of the molecule is Cn1cc(/C=C2\C=C(C(CC3C4(CCC5[C@]3(C)CC[C@@H](O)[C@@]5(C)CO)CO4)Nc3ccccn3)C(=O)O2)c2cnc(N)nc21. The number of epoxide rings is 1. The van der Waals surface area contributed by atoms with Crippen molar-refractivity contribution in [2.45, 2.75) is 63.7 Å². The van der Waals surface area contributed by atoms with Gasteiger partial charge in [0, 0.05) is 42.0 Å². The van der Waals surface area contributed by atoms with Crippen molar-refractivity contribution >= 4 is 34.8 Å². The van der Waals surface area contributed by atoms with Gasteiger partial charge in [-0.3, -0.25) is 0 Å². The Bertz CT molecular complexity index is 1670. The third-order valence-electron chi connectivity index (χ3n) is 11.1. The smallest absolute Gasteiger partial charge is 0.341 e. The standard InChI is InChI=1S/C33H40N6O5/c1-31-9-8-26(41)32(2,17-40)24(31)7-10-33(18-43-33)25(31)14-23(37-27-6-4-5-11-35-27)21-13-20(44-29(21)42)12-19-16-39(3)28-22(19)15-36-30(34)38-28/h4-6,11-13,15-16,23-26,40-41H,7-10,14,17-18H2,1-3H3,(H,35,37)(H2,34,36,38)/b20-12+/t23?,24?,25?,26-,31+,32+,33?/m1/s1. The maximum atomic E-state index is 13.6. The van der Waals surface area contributed by atoms with Gasteiger partial charge in [-0.2, -0.15) is 4.98 Å². The van der Waals surface area contributed by atoms with E-state index in [9.17, 15) is 15.0 Å². The fourth-order valence-corrected chi connectivity index (χ4v) is 8.63. The maximum Gasteiger partial charge on any atom is 0.341 e. The molecule has 0 amide bonds. The number of nitrogens with two attached hydrogens (primary N) is 1. The fourth-order valence-electron chi connectivity index (χ4n) is 8.63. The number of nitrogen functional groups attached to an aromatic ring is 1. The molecule has 2 aliphatic carbocycles. The molecule has 11 nitrogen and oxygen atoms in total. The Morgan fingerprint density at radius 1 is 1.25 bits per heavy atom. The molecule has 1 saturated heterocycles. The number of nitrogens with zero attached hydrogens (tertiary/aromatic N) is 4. The summed E-state index contributed by atoms with van der Waals surface area (Å²) in [6, 6.07) is 5.25. The number of pyridine rings is 1. The number of nitrogens with one attached hydrogen (secondary N) is 1. The summed E-state index contributed by atoms with van der Waals surface area (Å²) in [5, 5.41) is 25.9. The average Bonchev–Trinajstić information content (AvgIpc) is 3.59. The second-order valence-electron chi connectivity index (χ2n) is 13.6. The summed E-state index contributed by atoms with van der Waals surface area (Å²) in [5.41, 5.74) is 6.74. The molecule has 0 radical (unpaired) electrons. The summed E-state index contributed by atoms with van der Waals surface area (Å²) in [7, 11) is 1.88. The molecule has 7 atom stereocenters. The van der Waals surface area contributed by atoms with Crippen LogP contribution in [0.1, 0.15) is 51.5 Å². The van der Waals surface area contributed by atoms with E-state index < -0.39 is 23.5 Å². The first-order valence-corrected chi connectivity index (χ1v) is 15.4. The lowest BCUT2D eigenvalue weighted by molar-refractivity contribution is -0.177. The van der Waals surface area contributed by atoms with Crippen LogP contribution in [0.2, 0.25) is 0 Å². The number of aliphatic hydroxyl groups is 2. The van der Waals surface area contributed by atoms with Gasteiger partial charge in [0.1, 0.15) is 17.2 Å². The van der Waals surface area contributed by atoms with Crippen molar-refractivity contribution in [2.75, 3.05) is 24.3 Å². The molecular weight excluding hydrogens is 560 g/mol. The quantitative estimate of drug-likeness (QED) is 0.233. The van der Waals surface area contributed by atoms with Gasteiger partial charge < -0.3 is 35.3 Å². The number of hydrogen-bond acceptors (Lipinski definition) is 10. The molecule has 44 heavy (non-hydrogen) atoms. The molecule has 3 aromatic heterocycles. The molecule has 3 fully saturated rings. The predicted octanol–water partition coefficient (Wildman–Crippen LogP) is 3.60. The number of rotatable bonds is 7. The first-order chi connectivity index (χ1) is 21.1. The molecule has 1 spiro atoms. The number of anilines is 2. The van der Waals surface area contributed by atoms with Crippen molar-refractivity contribution in [1.29, 1.82) is 0 Å². The van der Waals surface area contributed by atoms with Crippen molar-refractivity contribution < 1.29 is 24.5 Å². The minimum absolute atomic E-state index is 0.0674. The first-order valence-electron chi connectivity index (χ1n) is 15.4. The lowest BCUT2D eigenvalue weighted by Gasteiger charge is -2.61. The van der Waals surface area contributed by atoms with Gasteiger partial charge in [0.2, 0.25) is 5.95 Å². The number of hydrogen-bond donors (Lipinski definition) is 4. The number of aliphatic hydroxyl groups excluding tert-OH is 2. The lowest BCUT2D eigenvalue weighted by atomic mass is 9.44. The molecule has 232 valence electrons. The Morgan fingerprint density at radius 2 is 2.07 bits per heavy atom. The summed E-state index contributed by atoms with van der Waals surface area (Å²) in [6.45, 7) is 4.93. The second kappa shape index (κ2) is 10.4. The first kappa shape index (κ1) is 28.9. The molecule has 4 aliphatic rings. The van der Waals surface area contributed by atoms with E-state index in [-0.39, 0.29) is 35.4 Å². The summed E-state index contributed by atoms with van der Waals surface area (Å²) >= 11 is 0. The molecule has 2 saturated carbocycles. The van der Waals surface area contributed by atoms with E-state index in [1.54, 1.807) is 12.4 Å². The highest BCUT2D eigenvalue weighted by molar-refractivity contribution is 5.96. The molecule has 2 aliphatic heterocycles. The Balaban J connectivity index is 1.26. The highest BCUT2D eigenvalue weighted by Crippen LogP contribution is 2.66. The van der Waals surface area contributed by atoms with Crippen LogP contribution in [-0.4, -0.2) is 66.7 Å². The van der Waals surface area contributed by atoms with Gasteiger partial charge >= 0.3 is 5.97 Å². The van der Waals surface area contributed by atoms with Gasteiger partial charge in [0.05, 0.1) is 36.5 Å². The van der Waals surface area contributed by atoms with E-state index in [2.05, 4.69) is 27.2 Å². The number of fused-ring (bicyclic) bond motifs is 2. The minimum atomic E-state index is -0.597. The number of carbonyl (C=O) groups is 1. The summed E-state index contributed by atoms with van der Waals surface area (Å²) in [4.78, 5) is 26.5. The zero-order valence-electron chi connectivity index (χ0n) is 25.4. The van der Waals surface area contributed by atoms with Gasteiger partial charge in [0.15, 0.2) is 0 Å². The molecular formula is C33H40N6O5. The van der Waals surface area contributed by atoms with Crippen LogP contribution in [0, 0.1) is 22.7 Å². The summed E-state index contributed by atoms with van der Waals surface area (Å²) in [6.07, 6.45) is 12.2. The fraction of sp³-hybridized carbons (Fsp3) is 0.515. The van der Waals surface area contributed by atoms with Crippen LogP contribution in [0.4, 0.5) is 11.8 Å². The van der Waals surface area contributed by atoms with Crippen LogP contribution in [0.25, 0.3) is 17.1 Å². The zero-order chi connectivity index (χ0) is 30.9. The van der Waals surface area contributed by atoms with Crippen molar-refractivity contribution in [3.63, 3.8) is 0 Å². The Labute approximate surface area is 256 Å². The number of aromatic nitrogens is 4. The van der Waals surface area contributed by atoms with Gasteiger partial charge in [-0.1, -0.05) is 19.9 Å². The van der Waals surface area contributed by atoms with Crippen LogP contribution < -0.4 is 11.1 Å². The number of allylic oxidation sites excluding steroid dienone is 1. The highest BCUT2D eigenvalue weighted by Gasteiger charge is 2.67. The topological polar surface area (TPSA) is 161 Å². The van der Waals surface area contributed by atoms with E-state index in [0.29, 0.717) is 42.2 Å². The number of ether oxygens (including phenoxy) is 2. The number of esters is 1. The Morgan fingerprint density at radius 3 is 2.80 bits per heavy atom. The summed E-state index contributed by atoms with van der Waals surface area (Å²) in [5.74, 6) is 1.07. The van der Waals surface area contributed by atoms with Crippen molar-refractivity contribution in [2.24, 2.45) is 29.7 Å². The van der Waals surface area contributed by atoms with Gasteiger partial charge in [-0.25, -0.2) is 14.8 Å². The van der Waals surface area contributed by atoms with E-state index in [0.717, 1.165) is 30.2 Å². The maximum absolute atomic E-state index is 13.6. The van der Waals surface area contributed by atoms with Gasteiger partial charge in [-0.05, 0) is 73.6 Å². The number of aryl methyl sites for hydroxylation is 1. The monoisotopic (exact) mass is 600 g/mol. The zero-order valence-corrected chi connectivity index (χ0v) is 25.4. The van der Waals surface area contributed by atoms with E-state index in [1.807, 2.05) is 55.1 Å². The molecule has 5 N–H and O–H groups in total. The molecule has 5 heterocycles. The normalized spacial score (nSPS) is 34.6. The Hall–Kier alpha value is -3.80. The predicted molar refractivity (Wildman–Crippen MR) is 165 cm³/mol. The van der Waals surface area contributed by atoms with Gasteiger partial charge in [-0.15, -0.1) is 0 Å². The third kappa shape index (κ3) is 4.60. The molecule has 7 rings (SSSR count). The van der Waals surface area contributed by atoms with E-state index in [4.69, 9.17) is 15.2 Å². The van der Waals surface area contributed by atoms with E-state index >= 15 is 0 Å². The molecule has 3 aromatic rings. The third-order valence-corrected chi connectivity index (χ3v) is 11.1. The molecule has 0 aromatic carbocycles. The Kier molecular flexibility index (Phi) is 6.83. The van der Waals surface area contributed by atoms with Crippen LogP contribution in [0.5, 0.6) is 0 Å². The van der Waals surface area contributed by atoms with Crippen molar-refractivity contribution in [3.05, 3.63) is 59.8 Å². The number of cyclic esters (lactones) is 1. The molecule has 11 heteroatoms. The van der Waals surface area contributed by atoms with Crippen molar-refractivity contribution in [3.8, 4) is 0 Å². The van der Waals surface area contributed by atoms with Crippen LogP contribution in [0.15, 0.2) is 54.2 Å².